The molecule has 3 aromatic rings. The Morgan fingerprint density at radius 3 is 2.06 bits per heavy atom. The van der Waals surface area contributed by atoms with Crippen molar-refractivity contribution < 1.29 is 35.9 Å². The van der Waals surface area contributed by atoms with E-state index in [1.807, 2.05) is 24.3 Å². The van der Waals surface area contributed by atoms with Gasteiger partial charge in [0.25, 0.3) is 0 Å². The monoisotopic (exact) mass is 510 g/mol. The van der Waals surface area contributed by atoms with Crippen molar-refractivity contribution in [1.29, 1.82) is 0 Å². The second kappa shape index (κ2) is 12.0. The lowest BCUT2D eigenvalue weighted by Crippen LogP contribution is -2.30. The maximum Gasteiger partial charge on any atom is 0.416 e. The lowest BCUT2D eigenvalue weighted by atomic mass is 9.99. The van der Waals surface area contributed by atoms with Gasteiger partial charge in [-0.1, -0.05) is 30.3 Å². The largest absolute Gasteiger partial charge is 0.416 e. The number of hydrogen-bond acceptors (Lipinski definition) is 3. The van der Waals surface area contributed by atoms with Crippen molar-refractivity contribution in [3.05, 3.63) is 101 Å². The van der Waals surface area contributed by atoms with Crippen LogP contribution in [0.5, 0.6) is 0 Å². The van der Waals surface area contributed by atoms with Gasteiger partial charge in [0.05, 0.1) is 24.3 Å². The SMILES string of the molecule is O=C(CCc1ccncc1)NCC(COCc1cc(C(F)(F)F)cc(C(F)(F)F)c1)c1ccccc1. The lowest BCUT2D eigenvalue weighted by molar-refractivity contribution is -0.143. The number of benzene rings is 2. The molecular formula is C26H24F6N2O2. The Morgan fingerprint density at radius 2 is 1.47 bits per heavy atom. The highest BCUT2D eigenvalue weighted by atomic mass is 19.4. The topological polar surface area (TPSA) is 51.2 Å². The molecule has 0 saturated carbocycles. The first-order valence-corrected chi connectivity index (χ1v) is 11.1. The first-order valence-electron chi connectivity index (χ1n) is 11.1. The molecule has 0 bridgehead atoms. The maximum atomic E-state index is 13.1. The first kappa shape index (κ1) is 27.2. The van der Waals surface area contributed by atoms with Crippen molar-refractivity contribution in [2.45, 2.75) is 37.7 Å². The average Bonchev–Trinajstić information content (AvgIpc) is 2.84. The normalized spacial score (nSPS) is 12.8. The molecule has 4 nitrogen and oxygen atoms in total. The summed E-state index contributed by atoms with van der Waals surface area (Å²) in [5.41, 5.74) is -1.26. The molecule has 3 rings (SSSR count). The number of pyridine rings is 1. The minimum atomic E-state index is -4.93. The van der Waals surface area contributed by atoms with E-state index in [1.165, 1.54) is 0 Å². The standard InChI is InChI=1S/C26H24F6N2O2/c27-25(28,29)22-12-19(13-23(14-22)26(30,31)32)16-36-17-21(20-4-2-1-3-5-20)15-34-24(35)7-6-18-8-10-33-11-9-18/h1-5,8-14,21H,6-7,15-17H2,(H,34,35). The zero-order chi connectivity index (χ0) is 26.2. The van der Waals surface area contributed by atoms with Crippen LogP contribution in [0.25, 0.3) is 0 Å². The number of ether oxygens (including phenoxy) is 1. The van der Waals surface area contributed by atoms with Crippen molar-refractivity contribution in [3.63, 3.8) is 0 Å². The summed E-state index contributed by atoms with van der Waals surface area (Å²) in [7, 11) is 0. The molecule has 0 fully saturated rings. The van der Waals surface area contributed by atoms with Crippen LogP contribution in [0.4, 0.5) is 26.3 Å². The summed E-state index contributed by atoms with van der Waals surface area (Å²) in [5, 5.41) is 2.83. The van der Waals surface area contributed by atoms with Crippen molar-refractivity contribution in [1.82, 2.24) is 10.3 Å². The van der Waals surface area contributed by atoms with Gasteiger partial charge in [0, 0.05) is 31.3 Å². The van der Waals surface area contributed by atoms with E-state index in [0.29, 0.717) is 18.6 Å². The quantitative estimate of drug-likeness (QED) is 0.332. The van der Waals surface area contributed by atoms with Crippen LogP contribution in [0.2, 0.25) is 0 Å². The molecule has 1 heterocycles. The fourth-order valence-electron chi connectivity index (χ4n) is 3.55. The van der Waals surface area contributed by atoms with Crippen LogP contribution < -0.4 is 5.32 Å². The van der Waals surface area contributed by atoms with Gasteiger partial charge >= 0.3 is 12.4 Å². The van der Waals surface area contributed by atoms with E-state index in [-0.39, 0.29) is 43.0 Å². The van der Waals surface area contributed by atoms with Crippen molar-refractivity contribution in [2.24, 2.45) is 0 Å². The van der Waals surface area contributed by atoms with Crippen molar-refractivity contribution in [2.75, 3.05) is 13.2 Å². The van der Waals surface area contributed by atoms with Crippen LogP contribution in [0.3, 0.4) is 0 Å². The fourth-order valence-corrected chi connectivity index (χ4v) is 3.55. The number of aromatic nitrogens is 1. The minimum Gasteiger partial charge on any atom is -0.376 e. The van der Waals surface area contributed by atoms with E-state index in [9.17, 15) is 31.1 Å². The summed E-state index contributed by atoms with van der Waals surface area (Å²) >= 11 is 0. The third-order valence-corrected chi connectivity index (χ3v) is 5.44. The summed E-state index contributed by atoms with van der Waals surface area (Å²) < 4.78 is 84.2. The lowest BCUT2D eigenvalue weighted by Gasteiger charge is -2.19. The number of aryl methyl sites for hydroxylation is 1. The molecule has 0 radical (unpaired) electrons. The third-order valence-electron chi connectivity index (χ3n) is 5.44. The van der Waals surface area contributed by atoms with Gasteiger partial charge in [-0.2, -0.15) is 26.3 Å². The van der Waals surface area contributed by atoms with Crippen molar-refractivity contribution >= 4 is 5.91 Å². The molecule has 1 unspecified atom stereocenters. The summed E-state index contributed by atoms with van der Waals surface area (Å²) in [5.74, 6) is -0.551. The molecule has 36 heavy (non-hydrogen) atoms. The zero-order valence-corrected chi connectivity index (χ0v) is 19.1. The van der Waals surface area contributed by atoms with E-state index < -0.39 is 30.1 Å². The predicted octanol–water partition coefficient (Wildman–Crippen LogP) is 6.17. The van der Waals surface area contributed by atoms with Crippen LogP contribution >= 0.6 is 0 Å². The van der Waals surface area contributed by atoms with Crippen LogP contribution in [0, 0.1) is 0 Å². The second-order valence-corrected chi connectivity index (χ2v) is 8.20. The van der Waals surface area contributed by atoms with E-state index in [4.69, 9.17) is 4.74 Å². The Labute approximate surface area is 204 Å². The fraction of sp³-hybridized carbons (Fsp3) is 0.308. The van der Waals surface area contributed by atoms with Crippen LogP contribution in [-0.2, 0) is 34.9 Å². The molecule has 0 aliphatic carbocycles. The summed E-state index contributed by atoms with van der Waals surface area (Å²) in [6.45, 7) is -0.284. The predicted molar refractivity (Wildman–Crippen MR) is 121 cm³/mol. The third kappa shape index (κ3) is 8.37. The molecule has 2 aromatic carbocycles. The number of rotatable bonds is 10. The number of halogens is 6. The molecular weight excluding hydrogens is 486 g/mol. The molecule has 0 aliphatic heterocycles. The Morgan fingerprint density at radius 1 is 0.861 bits per heavy atom. The van der Waals surface area contributed by atoms with Crippen LogP contribution in [-0.4, -0.2) is 24.0 Å². The molecule has 192 valence electrons. The molecule has 0 spiro atoms. The van der Waals surface area contributed by atoms with E-state index >= 15 is 0 Å². The molecule has 0 saturated heterocycles. The highest BCUT2D eigenvalue weighted by Gasteiger charge is 2.36. The molecule has 1 N–H and O–H groups in total. The number of amides is 1. The molecule has 1 atom stereocenters. The second-order valence-electron chi connectivity index (χ2n) is 8.20. The van der Waals surface area contributed by atoms with E-state index in [0.717, 1.165) is 11.1 Å². The minimum absolute atomic E-state index is 0.0216. The number of hydrogen-bond donors (Lipinski definition) is 1. The van der Waals surface area contributed by atoms with Crippen molar-refractivity contribution in [3.8, 4) is 0 Å². The van der Waals surface area contributed by atoms with Gasteiger partial charge in [-0.25, -0.2) is 0 Å². The molecule has 1 amide bonds. The van der Waals surface area contributed by atoms with Gasteiger partial charge < -0.3 is 10.1 Å². The number of nitrogens with one attached hydrogen (secondary N) is 1. The molecule has 0 aliphatic rings. The van der Waals surface area contributed by atoms with E-state index in [1.54, 1.807) is 30.6 Å². The number of carbonyl (C=O) groups is 1. The Bertz CT molecular complexity index is 1090. The number of alkyl halides is 6. The van der Waals surface area contributed by atoms with Crippen LogP contribution in [0.1, 0.15) is 40.2 Å². The van der Waals surface area contributed by atoms with Gasteiger partial charge in [0.15, 0.2) is 0 Å². The Hall–Kier alpha value is -3.40. The maximum absolute atomic E-state index is 13.1. The van der Waals surface area contributed by atoms with Gasteiger partial charge in [-0.05, 0) is 53.4 Å². The zero-order valence-electron chi connectivity index (χ0n) is 19.1. The first-order chi connectivity index (χ1) is 17.0. The summed E-state index contributed by atoms with van der Waals surface area (Å²) in [6, 6.07) is 14.0. The summed E-state index contributed by atoms with van der Waals surface area (Å²) in [6.07, 6.45) is -5.81. The summed E-state index contributed by atoms with van der Waals surface area (Å²) in [4.78, 5) is 16.3. The molecule has 10 heteroatoms. The number of nitrogens with zero attached hydrogens (tertiary/aromatic N) is 1. The van der Waals surface area contributed by atoms with Gasteiger partial charge in [0.1, 0.15) is 0 Å². The van der Waals surface area contributed by atoms with Crippen LogP contribution in [0.15, 0.2) is 73.1 Å². The van der Waals surface area contributed by atoms with Gasteiger partial charge in [0.2, 0.25) is 5.91 Å². The highest BCUT2D eigenvalue weighted by Crippen LogP contribution is 2.36. The smallest absolute Gasteiger partial charge is 0.376 e. The van der Waals surface area contributed by atoms with Gasteiger partial charge in [-0.15, -0.1) is 0 Å². The molecule has 1 aromatic heterocycles. The highest BCUT2D eigenvalue weighted by molar-refractivity contribution is 5.76. The Balaban J connectivity index is 1.63. The average molecular weight is 510 g/mol. The Kier molecular flexibility index (Phi) is 9.08. The van der Waals surface area contributed by atoms with E-state index in [2.05, 4.69) is 10.3 Å². The van der Waals surface area contributed by atoms with Gasteiger partial charge in [-0.3, -0.25) is 9.78 Å². The number of carbonyl (C=O) groups excluding carboxylic acids is 1.